The molecule has 1 aromatic heterocycles. The first-order valence-corrected chi connectivity index (χ1v) is 9.15. The Morgan fingerprint density at radius 3 is 2.69 bits per heavy atom. The molecule has 4 rings (SSSR count). The van der Waals surface area contributed by atoms with Crippen molar-refractivity contribution in [1.82, 2.24) is 10.3 Å². The molecule has 2 aromatic rings. The van der Waals surface area contributed by atoms with E-state index in [1.807, 2.05) is 0 Å². The van der Waals surface area contributed by atoms with Gasteiger partial charge in [0.25, 0.3) is 5.91 Å². The number of rotatable bonds is 3. The highest BCUT2D eigenvalue weighted by Gasteiger charge is 2.41. The number of fused-ring (bicyclic) bond motifs is 1. The molecule has 1 aliphatic carbocycles. The van der Waals surface area contributed by atoms with Gasteiger partial charge >= 0.3 is 12.3 Å². The van der Waals surface area contributed by atoms with Crippen molar-refractivity contribution in [2.75, 3.05) is 0 Å². The Morgan fingerprint density at radius 1 is 1.24 bits per heavy atom. The minimum absolute atomic E-state index is 0.143. The minimum atomic E-state index is -4.55. The molecule has 0 radical (unpaired) electrons. The van der Waals surface area contributed by atoms with Gasteiger partial charge in [0.2, 0.25) is 5.88 Å². The molecule has 2 amide bonds. The van der Waals surface area contributed by atoms with E-state index in [-0.39, 0.29) is 16.8 Å². The molecule has 0 unspecified atom stereocenters. The average molecular weight is 427 g/mol. The average Bonchev–Trinajstić information content (AvgIpc) is 3.00. The summed E-state index contributed by atoms with van der Waals surface area (Å²) in [6.45, 7) is 0. The summed E-state index contributed by atoms with van der Waals surface area (Å²) in [6, 6.07) is 5.85. The summed E-state index contributed by atoms with van der Waals surface area (Å²) in [7, 11) is 0. The number of nitrogens with zero attached hydrogens (tertiary/aromatic N) is 1. The van der Waals surface area contributed by atoms with Gasteiger partial charge in [0.05, 0.1) is 5.56 Å². The molecule has 1 saturated heterocycles. The lowest BCUT2D eigenvalue weighted by Crippen LogP contribution is -2.31. The van der Waals surface area contributed by atoms with Crippen LogP contribution in [-0.4, -0.2) is 23.1 Å². The Bertz CT molecular complexity index is 996. The third-order valence-corrected chi connectivity index (χ3v) is 5.18. The second-order valence-electron chi connectivity index (χ2n) is 6.79. The van der Waals surface area contributed by atoms with Crippen LogP contribution in [-0.2, 0) is 22.1 Å². The molecule has 2 heterocycles. The number of alkyl halides is 3. The Balaban J connectivity index is 1.57. The van der Waals surface area contributed by atoms with E-state index in [0.717, 1.165) is 30.0 Å². The summed E-state index contributed by atoms with van der Waals surface area (Å²) in [5.41, 5.74) is 0.801. The molecule has 1 aromatic carbocycles. The van der Waals surface area contributed by atoms with Gasteiger partial charge in [-0.25, -0.2) is 9.78 Å². The van der Waals surface area contributed by atoms with Crippen molar-refractivity contribution in [1.29, 1.82) is 0 Å². The van der Waals surface area contributed by atoms with Crippen molar-refractivity contribution < 1.29 is 32.2 Å². The molecule has 152 valence electrons. The fourth-order valence-electron chi connectivity index (χ4n) is 3.61. The normalized spacial score (nSPS) is 21.4. The van der Waals surface area contributed by atoms with Crippen LogP contribution in [0.5, 0.6) is 11.6 Å². The number of ether oxygens (including phenoxy) is 2. The topological polar surface area (TPSA) is 77.5 Å². The van der Waals surface area contributed by atoms with E-state index < -0.39 is 29.8 Å². The van der Waals surface area contributed by atoms with Crippen LogP contribution < -0.4 is 10.1 Å². The highest BCUT2D eigenvalue weighted by molar-refractivity contribution is 6.31. The highest BCUT2D eigenvalue weighted by atomic mass is 35.5. The van der Waals surface area contributed by atoms with Crippen LogP contribution in [0.4, 0.5) is 18.0 Å². The van der Waals surface area contributed by atoms with Gasteiger partial charge in [0.1, 0.15) is 10.8 Å². The van der Waals surface area contributed by atoms with Crippen LogP contribution >= 0.6 is 11.6 Å². The third kappa shape index (κ3) is 3.87. The second kappa shape index (κ2) is 7.22. The largest absolute Gasteiger partial charge is 0.438 e. The fraction of sp³-hybridized carbons (Fsp3) is 0.316. The maximum atomic E-state index is 12.7. The quantitative estimate of drug-likeness (QED) is 0.776. The zero-order valence-electron chi connectivity index (χ0n) is 14.8. The molecule has 0 saturated carbocycles. The number of pyridine rings is 1. The molecule has 1 aliphatic heterocycles. The van der Waals surface area contributed by atoms with Gasteiger partial charge in [-0.05, 0) is 48.6 Å². The number of hydrogen-bond donors (Lipinski definition) is 1. The van der Waals surface area contributed by atoms with Crippen LogP contribution in [0.1, 0.15) is 35.4 Å². The predicted molar refractivity (Wildman–Crippen MR) is 94.9 cm³/mol. The van der Waals surface area contributed by atoms with E-state index in [1.54, 1.807) is 18.2 Å². The Morgan fingerprint density at radius 2 is 2.03 bits per heavy atom. The maximum Gasteiger partial charge on any atom is 0.417 e. The first-order chi connectivity index (χ1) is 13.7. The summed E-state index contributed by atoms with van der Waals surface area (Å²) < 4.78 is 48.9. The van der Waals surface area contributed by atoms with Crippen molar-refractivity contribution >= 4 is 23.6 Å². The number of imide groups is 1. The van der Waals surface area contributed by atoms with E-state index in [2.05, 4.69) is 10.3 Å². The summed E-state index contributed by atoms with van der Waals surface area (Å²) in [6.07, 6.45) is -3.34. The zero-order valence-corrected chi connectivity index (χ0v) is 15.5. The standard InChI is InChI=1S/C19H14ClF3N2O4/c20-14-7-10(19(21,22)23)8-24-17(14)28-11-4-5-12-9(6-11)2-1-3-13(12)15-16(26)25-18(27)29-15/h4-8,13,15H,1-3H2,(H,25,26,27)/t13-,15-/m1/s1. The predicted octanol–water partition coefficient (Wildman–Crippen LogP) is 4.60. The van der Waals surface area contributed by atoms with E-state index in [9.17, 15) is 22.8 Å². The molecule has 0 bridgehead atoms. The molecule has 6 nitrogen and oxygen atoms in total. The van der Waals surface area contributed by atoms with E-state index in [1.165, 1.54) is 0 Å². The van der Waals surface area contributed by atoms with E-state index >= 15 is 0 Å². The number of cyclic esters (lactones) is 1. The molecular formula is C19H14ClF3N2O4. The van der Waals surface area contributed by atoms with Gasteiger partial charge in [-0.3, -0.25) is 10.1 Å². The number of amides is 2. The lowest BCUT2D eigenvalue weighted by Gasteiger charge is -2.28. The maximum absolute atomic E-state index is 12.7. The number of benzene rings is 1. The first kappa shape index (κ1) is 19.5. The molecule has 2 aliphatic rings. The summed E-state index contributed by atoms with van der Waals surface area (Å²) in [5, 5.41) is 1.87. The van der Waals surface area contributed by atoms with Crippen LogP contribution in [0.15, 0.2) is 30.5 Å². The molecule has 1 N–H and O–H groups in total. The van der Waals surface area contributed by atoms with Crippen LogP contribution in [0, 0.1) is 0 Å². The molecule has 29 heavy (non-hydrogen) atoms. The molecular weight excluding hydrogens is 413 g/mol. The van der Waals surface area contributed by atoms with Crippen molar-refractivity contribution in [3.8, 4) is 11.6 Å². The highest BCUT2D eigenvalue weighted by Crippen LogP contribution is 2.39. The third-order valence-electron chi connectivity index (χ3n) is 4.91. The van der Waals surface area contributed by atoms with Crippen molar-refractivity contribution in [2.24, 2.45) is 0 Å². The van der Waals surface area contributed by atoms with Gasteiger partial charge in [0, 0.05) is 12.1 Å². The van der Waals surface area contributed by atoms with Crippen molar-refractivity contribution in [3.63, 3.8) is 0 Å². The monoisotopic (exact) mass is 426 g/mol. The number of halogens is 4. The van der Waals surface area contributed by atoms with Crippen LogP contribution in [0.25, 0.3) is 0 Å². The van der Waals surface area contributed by atoms with Gasteiger partial charge in [0.15, 0.2) is 6.10 Å². The first-order valence-electron chi connectivity index (χ1n) is 8.77. The lowest BCUT2D eigenvalue weighted by molar-refractivity contribution is -0.137. The smallest absolute Gasteiger partial charge is 0.417 e. The van der Waals surface area contributed by atoms with Gasteiger partial charge < -0.3 is 9.47 Å². The SMILES string of the molecule is O=C1NC(=O)[C@@H]([C@@H]2CCCc3cc(Oc4ncc(C(F)(F)F)cc4Cl)ccc32)O1. The fourth-order valence-corrected chi connectivity index (χ4v) is 3.81. The van der Waals surface area contributed by atoms with E-state index in [0.29, 0.717) is 18.4 Å². The van der Waals surface area contributed by atoms with Crippen molar-refractivity contribution in [2.45, 2.75) is 37.5 Å². The number of hydrogen-bond acceptors (Lipinski definition) is 5. The zero-order chi connectivity index (χ0) is 20.8. The van der Waals surface area contributed by atoms with Crippen LogP contribution in [0.2, 0.25) is 5.02 Å². The number of carbonyl (C=O) groups excluding carboxylic acids is 2. The number of alkyl carbamates (subject to hydrolysis) is 1. The van der Waals surface area contributed by atoms with Gasteiger partial charge in [-0.1, -0.05) is 17.7 Å². The van der Waals surface area contributed by atoms with Crippen molar-refractivity contribution in [3.05, 3.63) is 52.2 Å². The second-order valence-corrected chi connectivity index (χ2v) is 7.19. The molecule has 1 fully saturated rings. The summed E-state index contributed by atoms with van der Waals surface area (Å²) >= 11 is 5.89. The number of aryl methyl sites for hydroxylation is 1. The lowest BCUT2D eigenvalue weighted by atomic mass is 9.79. The van der Waals surface area contributed by atoms with E-state index in [4.69, 9.17) is 21.1 Å². The Labute approximate surface area is 168 Å². The van der Waals surface area contributed by atoms with Crippen LogP contribution in [0.3, 0.4) is 0 Å². The number of aromatic nitrogens is 1. The molecule has 2 atom stereocenters. The van der Waals surface area contributed by atoms with Gasteiger partial charge in [-0.2, -0.15) is 13.2 Å². The minimum Gasteiger partial charge on any atom is -0.438 e. The molecule has 10 heteroatoms. The Kier molecular flexibility index (Phi) is 4.85. The van der Waals surface area contributed by atoms with Gasteiger partial charge in [-0.15, -0.1) is 0 Å². The Hall–Kier alpha value is -2.81. The number of carbonyl (C=O) groups is 2. The molecule has 0 spiro atoms. The summed E-state index contributed by atoms with van der Waals surface area (Å²) in [5.74, 6) is -0.525. The number of nitrogens with one attached hydrogen (secondary N) is 1. The summed E-state index contributed by atoms with van der Waals surface area (Å²) in [4.78, 5) is 26.9.